The molecule has 0 bridgehead atoms. The van der Waals surface area contributed by atoms with Gasteiger partial charge in [-0.15, -0.1) is 0 Å². The third kappa shape index (κ3) is 2.61. The second-order valence-electron chi connectivity index (χ2n) is 5.33. The summed E-state index contributed by atoms with van der Waals surface area (Å²) in [6.07, 6.45) is 2.83. The molecule has 0 saturated heterocycles. The van der Waals surface area contributed by atoms with Crippen molar-refractivity contribution < 1.29 is 0 Å². The predicted octanol–water partition coefficient (Wildman–Crippen LogP) is 2.49. The van der Waals surface area contributed by atoms with Gasteiger partial charge in [0.25, 0.3) is 0 Å². The van der Waals surface area contributed by atoms with Gasteiger partial charge < -0.3 is 10.6 Å². The van der Waals surface area contributed by atoms with Crippen molar-refractivity contribution >= 4 is 5.82 Å². The Bertz CT molecular complexity index is 535. The molecule has 1 aromatic carbocycles. The molecule has 0 amide bonds. The van der Waals surface area contributed by atoms with Crippen LogP contribution in [0.3, 0.4) is 0 Å². The molecule has 1 aromatic heterocycles. The van der Waals surface area contributed by atoms with Crippen LogP contribution in [0.5, 0.6) is 0 Å². The van der Waals surface area contributed by atoms with E-state index in [1.165, 1.54) is 16.7 Å². The van der Waals surface area contributed by atoms with E-state index in [2.05, 4.69) is 46.3 Å². The first-order valence-corrected chi connectivity index (χ1v) is 6.74. The molecule has 2 N–H and O–H groups in total. The summed E-state index contributed by atoms with van der Waals surface area (Å²) in [5, 5.41) is 0. The molecule has 0 saturated carbocycles. The molecule has 3 heteroatoms. The number of hydrogen-bond donors (Lipinski definition) is 1. The maximum absolute atomic E-state index is 5.80. The minimum Gasteiger partial charge on any atom is -0.348 e. The van der Waals surface area contributed by atoms with Gasteiger partial charge in [0.15, 0.2) is 0 Å². The number of hydrogen-bond acceptors (Lipinski definition) is 3. The highest BCUT2D eigenvalue weighted by Crippen LogP contribution is 2.26. The molecule has 0 spiro atoms. The molecule has 1 aliphatic rings. The minimum atomic E-state index is 0.184. The fourth-order valence-corrected chi connectivity index (χ4v) is 2.59. The van der Waals surface area contributed by atoms with E-state index in [1.807, 2.05) is 13.1 Å². The Morgan fingerprint density at radius 3 is 2.37 bits per heavy atom. The van der Waals surface area contributed by atoms with Crippen LogP contribution < -0.4 is 10.6 Å². The molecular formula is C16H19N3. The maximum atomic E-state index is 5.80. The van der Waals surface area contributed by atoms with Gasteiger partial charge in [0.1, 0.15) is 5.82 Å². The second-order valence-corrected chi connectivity index (χ2v) is 5.33. The van der Waals surface area contributed by atoms with Crippen molar-refractivity contribution in [1.82, 2.24) is 4.98 Å². The van der Waals surface area contributed by atoms with Gasteiger partial charge in [0, 0.05) is 25.3 Å². The standard InChI is InChI=1S/C16H19N3/c1-12(17)8-13-6-7-16(18-9-13)19-10-14-4-2-3-5-15(14)11-19/h2-7,9,12H,8,10-11,17H2,1H3. The van der Waals surface area contributed by atoms with Crippen molar-refractivity contribution in [3.8, 4) is 0 Å². The van der Waals surface area contributed by atoms with Crippen LogP contribution in [-0.4, -0.2) is 11.0 Å². The van der Waals surface area contributed by atoms with Gasteiger partial charge in [-0.2, -0.15) is 0 Å². The highest BCUT2D eigenvalue weighted by molar-refractivity contribution is 5.47. The number of fused-ring (bicyclic) bond motifs is 1. The summed E-state index contributed by atoms with van der Waals surface area (Å²) >= 11 is 0. The Labute approximate surface area is 114 Å². The summed E-state index contributed by atoms with van der Waals surface area (Å²) in [6.45, 7) is 3.93. The lowest BCUT2D eigenvalue weighted by Crippen LogP contribution is -2.19. The fourth-order valence-electron chi connectivity index (χ4n) is 2.59. The van der Waals surface area contributed by atoms with Crippen molar-refractivity contribution in [2.75, 3.05) is 4.90 Å². The van der Waals surface area contributed by atoms with Crippen LogP contribution in [0.2, 0.25) is 0 Å². The summed E-state index contributed by atoms with van der Waals surface area (Å²) in [6, 6.07) is 13.0. The van der Waals surface area contributed by atoms with Gasteiger partial charge in [-0.25, -0.2) is 4.98 Å². The number of anilines is 1. The molecule has 98 valence electrons. The molecule has 19 heavy (non-hydrogen) atoms. The van der Waals surface area contributed by atoms with E-state index in [0.29, 0.717) is 0 Å². The van der Waals surface area contributed by atoms with E-state index in [-0.39, 0.29) is 6.04 Å². The highest BCUT2D eigenvalue weighted by Gasteiger charge is 2.19. The summed E-state index contributed by atoms with van der Waals surface area (Å²) in [7, 11) is 0. The van der Waals surface area contributed by atoms with Gasteiger partial charge in [-0.1, -0.05) is 30.3 Å². The van der Waals surface area contributed by atoms with E-state index in [4.69, 9.17) is 5.73 Å². The lowest BCUT2D eigenvalue weighted by atomic mass is 10.1. The Hall–Kier alpha value is -1.87. The van der Waals surface area contributed by atoms with Gasteiger partial charge in [0.2, 0.25) is 0 Å². The van der Waals surface area contributed by atoms with E-state index in [0.717, 1.165) is 25.3 Å². The molecule has 3 nitrogen and oxygen atoms in total. The van der Waals surface area contributed by atoms with Gasteiger partial charge in [0.05, 0.1) is 0 Å². The van der Waals surface area contributed by atoms with Crippen molar-refractivity contribution in [3.05, 3.63) is 59.3 Å². The SMILES string of the molecule is CC(N)Cc1ccc(N2Cc3ccccc3C2)nc1. The summed E-state index contributed by atoms with van der Waals surface area (Å²) in [5.74, 6) is 1.05. The van der Waals surface area contributed by atoms with E-state index < -0.39 is 0 Å². The molecule has 0 radical (unpaired) electrons. The highest BCUT2D eigenvalue weighted by atomic mass is 15.2. The molecular weight excluding hydrogens is 234 g/mol. The number of nitrogens with two attached hydrogens (primary N) is 1. The van der Waals surface area contributed by atoms with Crippen LogP contribution in [-0.2, 0) is 19.5 Å². The summed E-state index contributed by atoms with van der Waals surface area (Å²) < 4.78 is 0. The van der Waals surface area contributed by atoms with Gasteiger partial charge in [-0.05, 0) is 36.1 Å². The zero-order valence-electron chi connectivity index (χ0n) is 11.2. The normalized spacial score (nSPS) is 15.4. The topological polar surface area (TPSA) is 42.1 Å². The monoisotopic (exact) mass is 253 g/mol. The van der Waals surface area contributed by atoms with Crippen LogP contribution in [0.25, 0.3) is 0 Å². The number of aromatic nitrogens is 1. The quantitative estimate of drug-likeness (QED) is 0.913. The van der Waals surface area contributed by atoms with Crippen LogP contribution in [0.15, 0.2) is 42.6 Å². The maximum Gasteiger partial charge on any atom is 0.129 e. The lowest BCUT2D eigenvalue weighted by Gasteiger charge is -2.16. The number of benzene rings is 1. The Kier molecular flexibility index (Phi) is 3.22. The van der Waals surface area contributed by atoms with Crippen LogP contribution in [0, 0.1) is 0 Å². The predicted molar refractivity (Wildman–Crippen MR) is 77.9 cm³/mol. The third-order valence-corrected chi connectivity index (χ3v) is 3.53. The molecule has 2 heterocycles. The van der Waals surface area contributed by atoms with Crippen molar-refractivity contribution in [3.63, 3.8) is 0 Å². The average molecular weight is 253 g/mol. The largest absolute Gasteiger partial charge is 0.348 e. The smallest absolute Gasteiger partial charge is 0.129 e. The first-order valence-electron chi connectivity index (χ1n) is 6.74. The fraction of sp³-hybridized carbons (Fsp3) is 0.312. The lowest BCUT2D eigenvalue weighted by molar-refractivity contribution is 0.734. The van der Waals surface area contributed by atoms with Crippen LogP contribution in [0.1, 0.15) is 23.6 Å². The van der Waals surface area contributed by atoms with E-state index >= 15 is 0 Å². The average Bonchev–Trinajstić information content (AvgIpc) is 2.82. The summed E-state index contributed by atoms with van der Waals surface area (Å²) in [5.41, 5.74) is 9.82. The van der Waals surface area contributed by atoms with Crippen molar-refractivity contribution in [2.24, 2.45) is 5.73 Å². The molecule has 0 fully saturated rings. The number of pyridine rings is 1. The van der Waals surface area contributed by atoms with Crippen molar-refractivity contribution in [2.45, 2.75) is 32.5 Å². The zero-order valence-corrected chi connectivity index (χ0v) is 11.2. The molecule has 1 atom stereocenters. The zero-order chi connectivity index (χ0) is 13.2. The molecule has 0 aliphatic carbocycles. The van der Waals surface area contributed by atoms with Crippen molar-refractivity contribution in [1.29, 1.82) is 0 Å². The van der Waals surface area contributed by atoms with Crippen LogP contribution >= 0.6 is 0 Å². The Morgan fingerprint density at radius 2 is 1.84 bits per heavy atom. The summed E-state index contributed by atoms with van der Waals surface area (Å²) in [4.78, 5) is 6.87. The first-order chi connectivity index (χ1) is 9.22. The molecule has 1 unspecified atom stereocenters. The minimum absolute atomic E-state index is 0.184. The molecule has 2 aromatic rings. The number of nitrogens with zero attached hydrogens (tertiary/aromatic N) is 2. The van der Waals surface area contributed by atoms with Gasteiger partial charge in [-0.3, -0.25) is 0 Å². The van der Waals surface area contributed by atoms with E-state index in [9.17, 15) is 0 Å². The van der Waals surface area contributed by atoms with E-state index in [1.54, 1.807) is 0 Å². The third-order valence-electron chi connectivity index (χ3n) is 3.53. The first kappa shape index (κ1) is 12.2. The number of rotatable bonds is 3. The van der Waals surface area contributed by atoms with Crippen LogP contribution in [0.4, 0.5) is 5.82 Å². The second kappa shape index (κ2) is 5.02. The Balaban J connectivity index is 1.75. The molecule has 1 aliphatic heterocycles. The van der Waals surface area contributed by atoms with Gasteiger partial charge >= 0.3 is 0 Å². The molecule has 3 rings (SSSR count). The Morgan fingerprint density at radius 1 is 1.16 bits per heavy atom.